The summed E-state index contributed by atoms with van der Waals surface area (Å²) in [6, 6.07) is 12.1. The lowest BCUT2D eigenvalue weighted by Gasteiger charge is -2.31. The molecule has 0 radical (unpaired) electrons. The van der Waals surface area contributed by atoms with Gasteiger partial charge in [0.1, 0.15) is 5.75 Å². The largest absolute Gasteiger partial charge is 0.495 e. The number of ether oxygens (including phenoxy) is 1. The van der Waals surface area contributed by atoms with Crippen LogP contribution >= 0.6 is 15.9 Å². The second-order valence-corrected chi connectivity index (χ2v) is 9.20. The van der Waals surface area contributed by atoms with Crippen LogP contribution in [0, 0.1) is 0 Å². The Morgan fingerprint density at radius 1 is 1.18 bits per heavy atom. The van der Waals surface area contributed by atoms with Crippen LogP contribution in [0.3, 0.4) is 0 Å². The molecule has 0 bridgehead atoms. The summed E-state index contributed by atoms with van der Waals surface area (Å²) in [5.74, 6) is 1.75. The van der Waals surface area contributed by atoms with Crippen LogP contribution in [-0.2, 0) is 4.79 Å². The zero-order chi connectivity index (χ0) is 23.7. The molecule has 1 saturated heterocycles. The number of nitrogens with one attached hydrogen (secondary N) is 1. The highest BCUT2D eigenvalue weighted by molar-refractivity contribution is 9.10. The van der Waals surface area contributed by atoms with Gasteiger partial charge in [0.25, 0.3) is 0 Å². The van der Waals surface area contributed by atoms with Crippen molar-refractivity contribution in [2.75, 3.05) is 25.5 Å². The molecule has 4 aromatic rings. The van der Waals surface area contributed by atoms with Gasteiger partial charge in [0.2, 0.25) is 11.9 Å². The van der Waals surface area contributed by atoms with E-state index in [0.717, 1.165) is 58.6 Å². The number of amides is 1. The van der Waals surface area contributed by atoms with E-state index in [0.29, 0.717) is 11.9 Å². The number of pyridine rings is 1. The van der Waals surface area contributed by atoms with E-state index in [-0.39, 0.29) is 5.91 Å². The average molecular weight is 521 g/mol. The summed E-state index contributed by atoms with van der Waals surface area (Å²) in [6.07, 6.45) is 7.35. The topological polar surface area (TPSA) is 84.6 Å². The van der Waals surface area contributed by atoms with Crippen molar-refractivity contribution in [3.63, 3.8) is 0 Å². The van der Waals surface area contributed by atoms with Gasteiger partial charge in [0.05, 0.1) is 34.7 Å². The van der Waals surface area contributed by atoms with Crippen molar-refractivity contribution in [3.05, 3.63) is 65.0 Å². The number of hydrogen-bond donors (Lipinski definition) is 1. The maximum Gasteiger partial charge on any atom is 0.227 e. The molecule has 0 aliphatic carbocycles. The molecule has 1 aromatic carbocycles. The lowest BCUT2D eigenvalue weighted by Crippen LogP contribution is -2.36. The van der Waals surface area contributed by atoms with E-state index in [4.69, 9.17) is 9.72 Å². The van der Waals surface area contributed by atoms with Crippen LogP contribution in [0.2, 0.25) is 0 Å². The maximum absolute atomic E-state index is 11.6. The van der Waals surface area contributed by atoms with Crippen LogP contribution < -0.4 is 10.1 Å². The Morgan fingerprint density at radius 2 is 2.00 bits per heavy atom. The summed E-state index contributed by atoms with van der Waals surface area (Å²) in [4.78, 5) is 22.7. The van der Waals surface area contributed by atoms with Gasteiger partial charge in [-0.05, 0) is 64.5 Å². The molecule has 0 spiro atoms. The SMILES string of the molecule is COc1cc(C2CCN(C(C)=O)CC2)ccc1Nc1ncc(Br)c(-c2cnn3ccccc23)n1. The van der Waals surface area contributed by atoms with Crippen molar-refractivity contribution in [2.45, 2.75) is 25.7 Å². The highest BCUT2D eigenvalue weighted by atomic mass is 79.9. The molecular formula is C25H25BrN6O2. The molecule has 9 heteroatoms. The number of likely N-dealkylation sites (tertiary alicyclic amines) is 1. The number of hydrogen-bond acceptors (Lipinski definition) is 6. The van der Waals surface area contributed by atoms with E-state index in [1.807, 2.05) is 39.9 Å². The summed E-state index contributed by atoms with van der Waals surface area (Å²) in [7, 11) is 1.66. The molecule has 5 rings (SSSR count). The Balaban J connectivity index is 1.39. The van der Waals surface area contributed by atoms with Crippen LogP contribution in [0.5, 0.6) is 5.75 Å². The number of anilines is 2. The third-order valence-electron chi connectivity index (χ3n) is 6.31. The first kappa shape index (κ1) is 22.3. The number of carbonyl (C=O) groups is 1. The summed E-state index contributed by atoms with van der Waals surface area (Å²) in [5, 5.41) is 7.72. The molecule has 3 aromatic heterocycles. The fraction of sp³-hybridized carbons (Fsp3) is 0.280. The van der Waals surface area contributed by atoms with Crippen molar-refractivity contribution < 1.29 is 9.53 Å². The fourth-order valence-electron chi connectivity index (χ4n) is 4.45. The van der Waals surface area contributed by atoms with E-state index in [2.05, 4.69) is 43.5 Å². The maximum atomic E-state index is 11.6. The van der Waals surface area contributed by atoms with E-state index in [9.17, 15) is 4.79 Å². The number of piperidine rings is 1. The highest BCUT2D eigenvalue weighted by Crippen LogP contribution is 2.36. The zero-order valence-corrected chi connectivity index (χ0v) is 20.6. The molecule has 1 N–H and O–H groups in total. The third kappa shape index (κ3) is 4.35. The normalized spacial score (nSPS) is 14.4. The minimum absolute atomic E-state index is 0.147. The lowest BCUT2D eigenvalue weighted by molar-refractivity contribution is -0.129. The Kier molecular flexibility index (Phi) is 6.19. The fourth-order valence-corrected chi connectivity index (χ4v) is 4.85. The number of carbonyl (C=O) groups excluding carboxylic acids is 1. The Bertz CT molecular complexity index is 1350. The van der Waals surface area contributed by atoms with Crippen molar-refractivity contribution in [1.29, 1.82) is 0 Å². The minimum atomic E-state index is 0.147. The number of fused-ring (bicyclic) bond motifs is 1. The van der Waals surface area contributed by atoms with Gasteiger partial charge < -0.3 is 15.0 Å². The van der Waals surface area contributed by atoms with Gasteiger partial charge in [0, 0.05) is 38.0 Å². The molecule has 8 nitrogen and oxygen atoms in total. The number of halogens is 1. The third-order valence-corrected chi connectivity index (χ3v) is 6.89. The van der Waals surface area contributed by atoms with Crippen LogP contribution in [-0.4, -0.2) is 50.6 Å². The van der Waals surface area contributed by atoms with Crippen LogP contribution in [0.25, 0.3) is 16.8 Å². The first-order valence-electron chi connectivity index (χ1n) is 11.2. The molecule has 174 valence electrons. The van der Waals surface area contributed by atoms with Gasteiger partial charge in [-0.25, -0.2) is 14.5 Å². The molecule has 34 heavy (non-hydrogen) atoms. The van der Waals surface area contributed by atoms with Crippen molar-refractivity contribution >= 4 is 39.0 Å². The second-order valence-electron chi connectivity index (χ2n) is 8.34. The van der Waals surface area contributed by atoms with Gasteiger partial charge in [-0.3, -0.25) is 4.79 Å². The van der Waals surface area contributed by atoms with Crippen LogP contribution in [0.1, 0.15) is 31.2 Å². The monoisotopic (exact) mass is 520 g/mol. The summed E-state index contributed by atoms with van der Waals surface area (Å²) in [5.41, 5.74) is 4.64. The first-order valence-corrected chi connectivity index (χ1v) is 12.0. The van der Waals surface area contributed by atoms with Gasteiger partial charge in [-0.2, -0.15) is 5.10 Å². The van der Waals surface area contributed by atoms with Gasteiger partial charge in [0.15, 0.2) is 0 Å². The van der Waals surface area contributed by atoms with E-state index < -0.39 is 0 Å². The van der Waals surface area contributed by atoms with E-state index in [1.54, 1.807) is 26.4 Å². The zero-order valence-electron chi connectivity index (χ0n) is 19.0. The summed E-state index contributed by atoms with van der Waals surface area (Å²) in [6.45, 7) is 3.22. The predicted molar refractivity (Wildman–Crippen MR) is 134 cm³/mol. The lowest BCUT2D eigenvalue weighted by atomic mass is 9.89. The molecule has 0 saturated carbocycles. The predicted octanol–water partition coefficient (Wildman–Crippen LogP) is 5.03. The van der Waals surface area contributed by atoms with Gasteiger partial charge >= 0.3 is 0 Å². The number of rotatable bonds is 5. The van der Waals surface area contributed by atoms with E-state index in [1.165, 1.54) is 5.56 Å². The average Bonchev–Trinajstić information content (AvgIpc) is 3.29. The van der Waals surface area contributed by atoms with Crippen molar-refractivity contribution in [1.82, 2.24) is 24.5 Å². The minimum Gasteiger partial charge on any atom is -0.495 e. The Labute approximate surface area is 206 Å². The van der Waals surface area contributed by atoms with Gasteiger partial charge in [-0.15, -0.1) is 0 Å². The molecular weight excluding hydrogens is 496 g/mol. The summed E-state index contributed by atoms with van der Waals surface area (Å²) < 4.78 is 8.29. The molecule has 1 amide bonds. The summed E-state index contributed by atoms with van der Waals surface area (Å²) >= 11 is 3.58. The second kappa shape index (κ2) is 9.42. The Morgan fingerprint density at radius 3 is 2.76 bits per heavy atom. The van der Waals surface area contributed by atoms with Crippen molar-refractivity contribution in [3.8, 4) is 17.0 Å². The molecule has 1 aliphatic rings. The number of aromatic nitrogens is 4. The number of benzene rings is 1. The molecule has 0 atom stereocenters. The molecule has 1 fully saturated rings. The smallest absolute Gasteiger partial charge is 0.227 e. The number of nitrogens with zero attached hydrogens (tertiary/aromatic N) is 5. The standard InChI is InChI=1S/C25H25BrN6O2/c1-16(33)31-11-8-17(9-12-31)18-6-7-21(23(13-18)34-2)29-25-27-15-20(26)24(30-25)19-14-28-32-10-4-3-5-22(19)32/h3-7,10,13-15,17H,8-9,11-12H2,1-2H3,(H,27,29,30). The molecule has 0 unspecified atom stereocenters. The van der Waals surface area contributed by atoms with Crippen LogP contribution in [0.4, 0.5) is 11.6 Å². The quantitative estimate of drug-likeness (QED) is 0.397. The molecule has 4 heterocycles. The van der Waals surface area contributed by atoms with Crippen molar-refractivity contribution in [2.24, 2.45) is 0 Å². The molecule has 1 aliphatic heterocycles. The first-order chi connectivity index (χ1) is 16.5. The van der Waals surface area contributed by atoms with Gasteiger partial charge in [-0.1, -0.05) is 12.1 Å². The number of methoxy groups -OCH3 is 1. The Hall–Kier alpha value is -3.46. The highest BCUT2D eigenvalue weighted by Gasteiger charge is 2.23. The van der Waals surface area contributed by atoms with E-state index >= 15 is 0 Å². The van der Waals surface area contributed by atoms with Crippen LogP contribution in [0.15, 0.2) is 59.5 Å².